The van der Waals surface area contributed by atoms with E-state index in [9.17, 15) is 14.9 Å². The number of hydrogen-bond acceptors (Lipinski definition) is 5. The summed E-state index contributed by atoms with van der Waals surface area (Å²) in [6.45, 7) is 5.38. The van der Waals surface area contributed by atoms with E-state index in [2.05, 4.69) is 17.1 Å². The number of nitrogens with one attached hydrogen (secondary N) is 1. The van der Waals surface area contributed by atoms with Gasteiger partial charge in [0.15, 0.2) is 0 Å². The maximum Gasteiger partial charge on any atom is 0.271 e. The predicted molar refractivity (Wildman–Crippen MR) is 108 cm³/mol. The molecule has 0 saturated carbocycles. The van der Waals surface area contributed by atoms with Gasteiger partial charge in [0.05, 0.1) is 17.7 Å². The van der Waals surface area contributed by atoms with Crippen LogP contribution in [0.15, 0.2) is 42.5 Å². The van der Waals surface area contributed by atoms with Crippen molar-refractivity contribution in [2.75, 3.05) is 25.5 Å². The molecule has 7 heteroatoms. The van der Waals surface area contributed by atoms with Crippen LogP contribution in [0, 0.1) is 16.0 Å². The number of likely N-dealkylation sites (tertiary alicyclic amines) is 1. The first-order valence-corrected chi connectivity index (χ1v) is 9.41. The van der Waals surface area contributed by atoms with E-state index in [-0.39, 0.29) is 17.3 Å². The molecular weight excluding hydrogens is 358 g/mol. The van der Waals surface area contributed by atoms with E-state index in [1.165, 1.54) is 43.7 Å². The third-order valence-electron chi connectivity index (χ3n) is 5.01. The first-order chi connectivity index (χ1) is 13.5. The molecule has 1 heterocycles. The summed E-state index contributed by atoms with van der Waals surface area (Å²) in [4.78, 5) is 25.5. The number of ether oxygens (including phenoxy) is 1. The van der Waals surface area contributed by atoms with Gasteiger partial charge in [-0.1, -0.05) is 19.1 Å². The van der Waals surface area contributed by atoms with Crippen LogP contribution < -0.4 is 10.1 Å². The molecule has 7 nitrogen and oxygen atoms in total. The number of carbonyl (C=O) groups excluding carboxylic acids is 1. The quantitative estimate of drug-likeness (QED) is 0.600. The molecule has 1 fully saturated rings. The zero-order chi connectivity index (χ0) is 20.1. The maximum atomic E-state index is 12.6. The van der Waals surface area contributed by atoms with E-state index in [1.807, 2.05) is 12.1 Å². The second kappa shape index (κ2) is 8.84. The highest BCUT2D eigenvalue weighted by atomic mass is 16.6. The second-order valence-electron chi connectivity index (χ2n) is 7.28. The topological polar surface area (TPSA) is 84.7 Å². The fourth-order valence-electron chi connectivity index (χ4n) is 3.55. The number of rotatable bonds is 6. The predicted octanol–water partition coefficient (Wildman–Crippen LogP) is 4.09. The number of carbonyl (C=O) groups is 1. The van der Waals surface area contributed by atoms with E-state index >= 15 is 0 Å². The fourth-order valence-corrected chi connectivity index (χ4v) is 3.55. The van der Waals surface area contributed by atoms with E-state index in [0.29, 0.717) is 11.3 Å². The van der Waals surface area contributed by atoms with E-state index < -0.39 is 4.92 Å². The molecule has 2 aromatic carbocycles. The highest BCUT2D eigenvalue weighted by molar-refractivity contribution is 6.05. The molecule has 1 atom stereocenters. The molecule has 0 aliphatic carbocycles. The number of anilines is 1. The molecule has 0 unspecified atom stereocenters. The molecule has 148 valence electrons. The Kier molecular flexibility index (Phi) is 6.26. The zero-order valence-electron chi connectivity index (χ0n) is 16.2. The van der Waals surface area contributed by atoms with Crippen LogP contribution in [0.1, 0.15) is 35.7 Å². The standard InChI is InChI=1S/C21H25N3O4/c1-15-4-3-11-23(13-15)14-16-5-7-17(8-6-16)21(25)22-19-12-18(24(26)27)9-10-20(19)28-2/h5-10,12,15H,3-4,11,13-14H2,1-2H3,(H,22,25)/t15-/m1/s1. The second-order valence-corrected chi connectivity index (χ2v) is 7.28. The lowest BCUT2D eigenvalue weighted by molar-refractivity contribution is -0.384. The van der Waals surface area contributed by atoms with Crippen molar-refractivity contribution in [2.45, 2.75) is 26.3 Å². The zero-order valence-corrected chi connectivity index (χ0v) is 16.2. The van der Waals surface area contributed by atoms with Gasteiger partial charge in [-0.05, 0) is 49.1 Å². The molecule has 0 bridgehead atoms. The number of nitrogens with zero attached hydrogens (tertiary/aromatic N) is 2. The van der Waals surface area contributed by atoms with Crippen molar-refractivity contribution >= 4 is 17.3 Å². The van der Waals surface area contributed by atoms with Crippen LogP contribution in [0.4, 0.5) is 11.4 Å². The van der Waals surface area contributed by atoms with Crippen LogP contribution >= 0.6 is 0 Å². The van der Waals surface area contributed by atoms with Crippen LogP contribution in [-0.2, 0) is 6.54 Å². The summed E-state index contributed by atoms with van der Waals surface area (Å²) < 4.78 is 5.19. The van der Waals surface area contributed by atoms with Crippen molar-refractivity contribution in [3.8, 4) is 5.75 Å². The van der Waals surface area contributed by atoms with Gasteiger partial charge >= 0.3 is 0 Å². The largest absolute Gasteiger partial charge is 0.495 e. The van der Waals surface area contributed by atoms with Crippen molar-refractivity contribution in [1.82, 2.24) is 4.90 Å². The average molecular weight is 383 g/mol. The Balaban J connectivity index is 1.68. The number of non-ortho nitro benzene ring substituents is 1. The Labute approximate surface area is 164 Å². The molecule has 0 spiro atoms. The first kappa shape index (κ1) is 19.8. The van der Waals surface area contributed by atoms with Gasteiger partial charge in [-0.25, -0.2) is 0 Å². The molecule has 3 rings (SSSR count). The molecule has 28 heavy (non-hydrogen) atoms. The molecule has 1 saturated heterocycles. The molecule has 2 aromatic rings. The number of benzene rings is 2. The van der Waals surface area contributed by atoms with Gasteiger partial charge in [0.2, 0.25) is 0 Å². The summed E-state index contributed by atoms with van der Waals surface area (Å²) in [6.07, 6.45) is 2.52. The normalized spacial score (nSPS) is 17.1. The Morgan fingerprint density at radius 1 is 1.29 bits per heavy atom. The van der Waals surface area contributed by atoms with E-state index in [4.69, 9.17) is 4.74 Å². The van der Waals surface area contributed by atoms with Crippen LogP contribution in [0.2, 0.25) is 0 Å². The van der Waals surface area contributed by atoms with Crippen molar-refractivity contribution in [3.05, 3.63) is 63.7 Å². The van der Waals surface area contributed by atoms with Crippen molar-refractivity contribution in [2.24, 2.45) is 5.92 Å². The molecule has 1 N–H and O–H groups in total. The molecule has 1 aliphatic rings. The van der Waals surface area contributed by atoms with Crippen molar-refractivity contribution < 1.29 is 14.5 Å². The number of amides is 1. The molecule has 0 aromatic heterocycles. The molecule has 1 aliphatic heterocycles. The van der Waals surface area contributed by atoms with Crippen LogP contribution in [0.3, 0.4) is 0 Å². The lowest BCUT2D eigenvalue weighted by Crippen LogP contribution is -2.33. The van der Waals surface area contributed by atoms with Gasteiger partial charge in [-0.15, -0.1) is 0 Å². The number of hydrogen-bond donors (Lipinski definition) is 1. The minimum Gasteiger partial charge on any atom is -0.495 e. The Hall–Kier alpha value is -2.93. The third-order valence-corrected chi connectivity index (χ3v) is 5.01. The average Bonchev–Trinajstić information content (AvgIpc) is 2.68. The van der Waals surface area contributed by atoms with Gasteiger partial charge in [-0.3, -0.25) is 19.8 Å². The summed E-state index contributed by atoms with van der Waals surface area (Å²) in [5.74, 6) is 0.760. The van der Waals surface area contributed by atoms with Crippen LogP contribution in [-0.4, -0.2) is 35.9 Å². The van der Waals surface area contributed by atoms with Gasteiger partial charge in [0, 0.05) is 30.8 Å². The number of piperidine rings is 1. The highest BCUT2D eigenvalue weighted by Crippen LogP contribution is 2.29. The minimum atomic E-state index is -0.509. The Morgan fingerprint density at radius 2 is 2.04 bits per heavy atom. The third kappa shape index (κ3) is 4.86. The minimum absolute atomic E-state index is 0.109. The van der Waals surface area contributed by atoms with Gasteiger partial charge in [0.1, 0.15) is 5.75 Å². The van der Waals surface area contributed by atoms with Crippen LogP contribution in [0.25, 0.3) is 0 Å². The van der Waals surface area contributed by atoms with Crippen molar-refractivity contribution in [3.63, 3.8) is 0 Å². The molecule has 1 amide bonds. The smallest absolute Gasteiger partial charge is 0.271 e. The molecular formula is C21H25N3O4. The number of nitro benzene ring substituents is 1. The highest BCUT2D eigenvalue weighted by Gasteiger charge is 2.17. The Bertz CT molecular complexity index is 851. The number of methoxy groups -OCH3 is 1. The van der Waals surface area contributed by atoms with Gasteiger partial charge in [0.25, 0.3) is 11.6 Å². The SMILES string of the molecule is COc1ccc([N+](=O)[O-])cc1NC(=O)c1ccc(CN2CCC[C@@H](C)C2)cc1. The summed E-state index contributed by atoms with van der Waals surface area (Å²) in [5.41, 5.74) is 1.82. The lowest BCUT2D eigenvalue weighted by Gasteiger charge is -2.30. The van der Waals surface area contributed by atoms with Crippen LogP contribution in [0.5, 0.6) is 5.75 Å². The summed E-state index contributed by atoms with van der Waals surface area (Å²) in [5, 5.41) is 13.7. The maximum absolute atomic E-state index is 12.6. The monoisotopic (exact) mass is 383 g/mol. The molecule has 0 radical (unpaired) electrons. The van der Waals surface area contributed by atoms with E-state index in [0.717, 1.165) is 25.6 Å². The Morgan fingerprint density at radius 3 is 2.68 bits per heavy atom. The summed E-state index contributed by atoms with van der Waals surface area (Å²) in [7, 11) is 1.45. The fraction of sp³-hybridized carbons (Fsp3) is 0.381. The van der Waals surface area contributed by atoms with Crippen molar-refractivity contribution in [1.29, 1.82) is 0 Å². The summed E-state index contributed by atoms with van der Waals surface area (Å²) in [6, 6.07) is 11.6. The van der Waals surface area contributed by atoms with Gasteiger partial charge in [-0.2, -0.15) is 0 Å². The van der Waals surface area contributed by atoms with Gasteiger partial charge < -0.3 is 10.1 Å². The number of nitro groups is 1. The summed E-state index contributed by atoms with van der Waals surface area (Å²) >= 11 is 0. The van der Waals surface area contributed by atoms with E-state index in [1.54, 1.807) is 12.1 Å². The first-order valence-electron chi connectivity index (χ1n) is 9.41. The lowest BCUT2D eigenvalue weighted by atomic mass is 9.99.